The summed E-state index contributed by atoms with van der Waals surface area (Å²) in [5, 5.41) is 3.39. The Labute approximate surface area is 124 Å². The number of rotatable bonds is 4. The van der Waals surface area contributed by atoms with Gasteiger partial charge < -0.3 is 9.88 Å². The molecule has 3 aromatic rings. The molecule has 0 aliphatic carbocycles. The topological polar surface area (TPSA) is 42.7 Å². The van der Waals surface area contributed by atoms with E-state index in [0.717, 1.165) is 23.5 Å². The van der Waals surface area contributed by atoms with Crippen LogP contribution in [0, 0.1) is 6.92 Å². The fraction of sp³-hybridized carbons (Fsp3) is 0.294. The van der Waals surface area contributed by atoms with E-state index in [9.17, 15) is 0 Å². The van der Waals surface area contributed by atoms with Gasteiger partial charge in [-0.25, -0.2) is 4.98 Å². The molecular formula is C17H20N4. The number of benzene rings is 1. The van der Waals surface area contributed by atoms with Crippen molar-refractivity contribution in [3.05, 3.63) is 59.7 Å². The normalized spacial score (nSPS) is 12.7. The Balaban J connectivity index is 1.96. The van der Waals surface area contributed by atoms with E-state index in [1.54, 1.807) is 0 Å². The molecule has 0 amide bonds. The smallest absolute Gasteiger partial charge is 0.111 e. The summed E-state index contributed by atoms with van der Waals surface area (Å²) in [6, 6.07) is 12.6. The van der Waals surface area contributed by atoms with Gasteiger partial charge in [0.25, 0.3) is 0 Å². The van der Waals surface area contributed by atoms with Crippen LogP contribution in [-0.2, 0) is 13.5 Å². The molecule has 0 saturated carbocycles. The molecule has 3 rings (SSSR count). The Bertz CT molecular complexity index is 760. The zero-order valence-electron chi connectivity index (χ0n) is 12.7. The maximum Gasteiger partial charge on any atom is 0.111 e. The van der Waals surface area contributed by atoms with Crippen LogP contribution < -0.4 is 5.32 Å². The number of hydrogen-bond acceptors (Lipinski definition) is 3. The third-order valence-corrected chi connectivity index (χ3v) is 4.04. The van der Waals surface area contributed by atoms with Gasteiger partial charge in [-0.3, -0.25) is 4.98 Å². The van der Waals surface area contributed by atoms with Crippen molar-refractivity contribution in [2.45, 2.75) is 19.4 Å². The van der Waals surface area contributed by atoms with Gasteiger partial charge in [-0.1, -0.05) is 18.2 Å². The molecule has 1 unspecified atom stereocenters. The molecule has 1 aromatic carbocycles. The molecule has 4 heteroatoms. The van der Waals surface area contributed by atoms with Crippen LogP contribution in [0.1, 0.15) is 23.1 Å². The lowest BCUT2D eigenvalue weighted by Crippen LogP contribution is -2.21. The van der Waals surface area contributed by atoms with Crippen LogP contribution in [0.25, 0.3) is 11.0 Å². The number of fused-ring (bicyclic) bond motifs is 1. The van der Waals surface area contributed by atoms with Crippen molar-refractivity contribution in [1.82, 2.24) is 19.9 Å². The van der Waals surface area contributed by atoms with E-state index >= 15 is 0 Å². The van der Waals surface area contributed by atoms with Crippen molar-refractivity contribution in [3.63, 3.8) is 0 Å². The SMILES string of the molecule is CNC(Cc1nc2ccccc2n1C)c1cccnc1C. The van der Waals surface area contributed by atoms with Crippen molar-refractivity contribution in [3.8, 4) is 0 Å². The average Bonchev–Trinajstić information content (AvgIpc) is 2.82. The first-order chi connectivity index (χ1) is 10.2. The van der Waals surface area contributed by atoms with Crippen LogP contribution in [0.5, 0.6) is 0 Å². The average molecular weight is 280 g/mol. The molecule has 1 N–H and O–H groups in total. The van der Waals surface area contributed by atoms with E-state index in [1.165, 1.54) is 11.1 Å². The van der Waals surface area contributed by atoms with Gasteiger partial charge in [-0.05, 0) is 37.7 Å². The minimum atomic E-state index is 0.217. The van der Waals surface area contributed by atoms with E-state index < -0.39 is 0 Å². The number of hydrogen-bond donors (Lipinski definition) is 1. The lowest BCUT2D eigenvalue weighted by atomic mass is 10.0. The summed E-state index contributed by atoms with van der Waals surface area (Å²) < 4.78 is 2.17. The predicted octanol–water partition coefficient (Wildman–Crippen LogP) is 2.78. The molecule has 0 spiro atoms. The number of nitrogens with one attached hydrogen (secondary N) is 1. The second kappa shape index (κ2) is 5.66. The van der Waals surface area contributed by atoms with Gasteiger partial charge in [0, 0.05) is 31.4 Å². The summed E-state index contributed by atoms with van der Waals surface area (Å²) in [6.07, 6.45) is 2.68. The third kappa shape index (κ3) is 2.54. The van der Waals surface area contributed by atoms with Crippen molar-refractivity contribution in [2.75, 3.05) is 7.05 Å². The maximum absolute atomic E-state index is 4.76. The standard InChI is InChI=1S/C17H20N4/c1-12-13(7-6-10-19-12)15(18-2)11-17-20-14-8-4-5-9-16(14)21(17)3/h4-10,15,18H,11H2,1-3H3. The monoisotopic (exact) mass is 280 g/mol. The van der Waals surface area contributed by atoms with Crippen LogP contribution in [-0.4, -0.2) is 21.6 Å². The molecule has 2 heterocycles. The van der Waals surface area contributed by atoms with E-state index in [4.69, 9.17) is 4.98 Å². The highest BCUT2D eigenvalue weighted by molar-refractivity contribution is 5.75. The number of aryl methyl sites for hydroxylation is 2. The number of imidazole rings is 1. The Kier molecular flexibility index (Phi) is 3.71. The highest BCUT2D eigenvalue weighted by Crippen LogP contribution is 2.22. The van der Waals surface area contributed by atoms with E-state index in [2.05, 4.69) is 53.1 Å². The Morgan fingerprint density at radius 1 is 1.19 bits per heavy atom. The first kappa shape index (κ1) is 13.8. The first-order valence-corrected chi connectivity index (χ1v) is 7.20. The number of nitrogens with zero attached hydrogens (tertiary/aromatic N) is 3. The van der Waals surface area contributed by atoms with Crippen molar-refractivity contribution >= 4 is 11.0 Å². The molecule has 0 bridgehead atoms. The number of likely N-dealkylation sites (N-methyl/N-ethyl adjacent to an activating group) is 1. The minimum absolute atomic E-state index is 0.217. The van der Waals surface area contributed by atoms with Crippen LogP contribution in [0.3, 0.4) is 0 Å². The lowest BCUT2D eigenvalue weighted by Gasteiger charge is -2.18. The molecule has 0 radical (unpaired) electrons. The second-order valence-corrected chi connectivity index (χ2v) is 5.30. The summed E-state index contributed by atoms with van der Waals surface area (Å²) in [5.41, 5.74) is 4.51. The van der Waals surface area contributed by atoms with E-state index in [0.29, 0.717) is 0 Å². The molecule has 0 fully saturated rings. The molecule has 1 atom stereocenters. The Morgan fingerprint density at radius 3 is 2.71 bits per heavy atom. The molecular weight excluding hydrogens is 260 g/mol. The quantitative estimate of drug-likeness (QED) is 0.799. The van der Waals surface area contributed by atoms with E-state index in [-0.39, 0.29) is 6.04 Å². The third-order valence-electron chi connectivity index (χ3n) is 4.04. The van der Waals surface area contributed by atoms with Crippen LogP contribution in [0.4, 0.5) is 0 Å². The van der Waals surface area contributed by atoms with Gasteiger partial charge in [0.15, 0.2) is 0 Å². The molecule has 108 valence electrons. The van der Waals surface area contributed by atoms with Gasteiger partial charge in [0.05, 0.1) is 11.0 Å². The summed E-state index contributed by atoms with van der Waals surface area (Å²) in [5.74, 6) is 1.08. The van der Waals surface area contributed by atoms with Gasteiger partial charge in [0.1, 0.15) is 5.82 Å². The summed E-state index contributed by atoms with van der Waals surface area (Å²) in [6.45, 7) is 2.05. The maximum atomic E-state index is 4.76. The number of pyridine rings is 1. The highest BCUT2D eigenvalue weighted by Gasteiger charge is 2.16. The fourth-order valence-electron chi connectivity index (χ4n) is 2.79. The first-order valence-electron chi connectivity index (χ1n) is 7.20. The van der Waals surface area contributed by atoms with Gasteiger partial charge in [0.2, 0.25) is 0 Å². The van der Waals surface area contributed by atoms with E-state index in [1.807, 2.05) is 25.4 Å². The minimum Gasteiger partial charge on any atom is -0.331 e. The van der Waals surface area contributed by atoms with Crippen molar-refractivity contribution in [1.29, 1.82) is 0 Å². The summed E-state index contributed by atoms with van der Waals surface area (Å²) in [7, 11) is 4.06. The molecule has 2 aromatic heterocycles. The largest absolute Gasteiger partial charge is 0.331 e. The number of para-hydroxylation sites is 2. The summed E-state index contributed by atoms with van der Waals surface area (Å²) >= 11 is 0. The highest BCUT2D eigenvalue weighted by atomic mass is 15.1. The lowest BCUT2D eigenvalue weighted by molar-refractivity contribution is 0.561. The number of aromatic nitrogens is 3. The van der Waals surface area contributed by atoms with Gasteiger partial charge in [-0.15, -0.1) is 0 Å². The molecule has 0 aliphatic rings. The van der Waals surface area contributed by atoms with Gasteiger partial charge in [-0.2, -0.15) is 0 Å². The predicted molar refractivity (Wildman–Crippen MR) is 85.2 cm³/mol. The van der Waals surface area contributed by atoms with Crippen molar-refractivity contribution < 1.29 is 0 Å². The van der Waals surface area contributed by atoms with Crippen LogP contribution in [0.2, 0.25) is 0 Å². The Hall–Kier alpha value is -2.20. The van der Waals surface area contributed by atoms with Crippen molar-refractivity contribution in [2.24, 2.45) is 7.05 Å². The molecule has 0 saturated heterocycles. The molecule has 4 nitrogen and oxygen atoms in total. The Morgan fingerprint density at radius 2 is 2.00 bits per heavy atom. The van der Waals surface area contributed by atoms with Crippen LogP contribution >= 0.6 is 0 Å². The van der Waals surface area contributed by atoms with Gasteiger partial charge >= 0.3 is 0 Å². The zero-order valence-corrected chi connectivity index (χ0v) is 12.7. The van der Waals surface area contributed by atoms with Crippen LogP contribution in [0.15, 0.2) is 42.6 Å². The molecule has 0 aliphatic heterocycles. The molecule has 21 heavy (non-hydrogen) atoms. The zero-order chi connectivity index (χ0) is 14.8. The summed E-state index contributed by atoms with van der Waals surface area (Å²) in [4.78, 5) is 9.15. The fourth-order valence-corrected chi connectivity index (χ4v) is 2.79. The second-order valence-electron chi connectivity index (χ2n) is 5.30.